The number of fused-ring (bicyclic) bond motifs is 3. The molecule has 0 N–H and O–H groups in total. The van der Waals surface area contributed by atoms with Crippen molar-refractivity contribution < 1.29 is 4.74 Å². The molecule has 4 aromatic rings. The molecule has 0 fully saturated rings. The van der Waals surface area contributed by atoms with Gasteiger partial charge in [0.2, 0.25) is 0 Å². The van der Waals surface area contributed by atoms with E-state index in [1.807, 2.05) is 53.0 Å². The zero-order chi connectivity index (χ0) is 20.0. The highest BCUT2D eigenvalue weighted by Gasteiger charge is 2.40. The Kier molecular flexibility index (Phi) is 4.17. The van der Waals surface area contributed by atoms with Crippen molar-refractivity contribution in [1.82, 2.24) is 24.8 Å². The molecular weight excluding hydrogens is 362 g/mol. The predicted molar refractivity (Wildman–Crippen MR) is 111 cm³/mol. The van der Waals surface area contributed by atoms with Gasteiger partial charge in [0.25, 0.3) is 0 Å². The molecular formula is C23H23N5O. The van der Waals surface area contributed by atoms with Crippen molar-refractivity contribution >= 4 is 5.65 Å². The van der Waals surface area contributed by atoms with Crippen LogP contribution < -0.4 is 0 Å². The number of hydrogen-bond donors (Lipinski definition) is 0. The molecule has 146 valence electrons. The molecule has 0 radical (unpaired) electrons. The van der Waals surface area contributed by atoms with Crippen molar-refractivity contribution in [1.29, 1.82) is 0 Å². The summed E-state index contributed by atoms with van der Waals surface area (Å²) in [6, 6.07) is 15.9. The second-order valence-electron chi connectivity index (χ2n) is 8.19. The third-order valence-corrected chi connectivity index (χ3v) is 5.86. The van der Waals surface area contributed by atoms with Gasteiger partial charge in [0, 0.05) is 30.0 Å². The zero-order valence-corrected chi connectivity index (χ0v) is 16.8. The van der Waals surface area contributed by atoms with Gasteiger partial charge in [0.1, 0.15) is 5.69 Å². The lowest BCUT2D eigenvalue weighted by Crippen LogP contribution is -2.31. The number of nitrogens with zero attached hydrogens (tertiary/aromatic N) is 5. The number of pyridine rings is 1. The standard InChI is InChI=1S/C23H23N5O/c1-23(2)13-12-16-18(20(23)29-3)19(17-11-7-8-14-24-17)27-28-21(25-26-22(16)28)15-9-5-4-6-10-15/h4-11,14,20H,12-13H2,1-3H3. The van der Waals surface area contributed by atoms with Crippen molar-refractivity contribution in [2.24, 2.45) is 5.41 Å². The minimum Gasteiger partial charge on any atom is -0.376 e. The van der Waals surface area contributed by atoms with Gasteiger partial charge < -0.3 is 4.74 Å². The normalized spacial score (nSPS) is 18.0. The van der Waals surface area contributed by atoms with Crippen LogP contribution in [0.1, 0.15) is 37.5 Å². The Morgan fingerprint density at radius 3 is 2.55 bits per heavy atom. The first-order valence-electron chi connectivity index (χ1n) is 9.88. The quantitative estimate of drug-likeness (QED) is 0.519. The molecule has 29 heavy (non-hydrogen) atoms. The Bertz CT molecular complexity index is 1170. The molecule has 1 aromatic carbocycles. The maximum absolute atomic E-state index is 6.01. The van der Waals surface area contributed by atoms with Crippen LogP contribution in [0, 0.1) is 5.41 Å². The fraction of sp³-hybridized carbons (Fsp3) is 0.304. The number of aromatic nitrogens is 5. The molecule has 1 aliphatic rings. The van der Waals surface area contributed by atoms with Gasteiger partial charge in [-0.1, -0.05) is 50.2 Å². The minimum absolute atomic E-state index is 0.00636. The highest BCUT2D eigenvalue weighted by atomic mass is 16.5. The van der Waals surface area contributed by atoms with Crippen LogP contribution in [0.3, 0.4) is 0 Å². The number of ether oxygens (including phenoxy) is 1. The molecule has 3 aromatic heterocycles. The smallest absolute Gasteiger partial charge is 0.185 e. The summed E-state index contributed by atoms with van der Waals surface area (Å²) in [5, 5.41) is 14.0. The number of aryl methyl sites for hydroxylation is 1. The molecule has 0 saturated heterocycles. The second kappa shape index (κ2) is 6.74. The summed E-state index contributed by atoms with van der Waals surface area (Å²) in [6.45, 7) is 4.49. The number of rotatable bonds is 3. The van der Waals surface area contributed by atoms with E-state index in [0.29, 0.717) is 0 Å². The maximum Gasteiger partial charge on any atom is 0.185 e. The van der Waals surface area contributed by atoms with Crippen LogP contribution in [-0.4, -0.2) is 31.9 Å². The van der Waals surface area contributed by atoms with Gasteiger partial charge in [0.05, 0.1) is 11.8 Å². The highest BCUT2D eigenvalue weighted by molar-refractivity contribution is 5.70. The van der Waals surface area contributed by atoms with Crippen molar-refractivity contribution in [3.05, 3.63) is 65.9 Å². The van der Waals surface area contributed by atoms with Crippen LogP contribution in [0.25, 0.3) is 28.4 Å². The van der Waals surface area contributed by atoms with Crippen LogP contribution in [-0.2, 0) is 11.2 Å². The van der Waals surface area contributed by atoms with Crippen LogP contribution >= 0.6 is 0 Å². The van der Waals surface area contributed by atoms with Crippen molar-refractivity contribution in [3.8, 4) is 22.8 Å². The van der Waals surface area contributed by atoms with Gasteiger partial charge in [0.15, 0.2) is 11.5 Å². The molecule has 3 heterocycles. The van der Waals surface area contributed by atoms with Gasteiger partial charge in [-0.2, -0.15) is 9.61 Å². The molecule has 1 aliphatic carbocycles. The third kappa shape index (κ3) is 2.83. The van der Waals surface area contributed by atoms with Gasteiger partial charge in [-0.05, 0) is 30.4 Å². The molecule has 0 saturated carbocycles. The molecule has 0 bridgehead atoms. The molecule has 1 atom stereocenters. The fourth-order valence-electron chi connectivity index (χ4n) is 4.37. The van der Waals surface area contributed by atoms with Crippen LogP contribution in [0.5, 0.6) is 0 Å². The Hall–Kier alpha value is -3.12. The van der Waals surface area contributed by atoms with E-state index in [4.69, 9.17) is 9.84 Å². The largest absolute Gasteiger partial charge is 0.376 e. The minimum atomic E-state index is -0.0855. The van der Waals surface area contributed by atoms with Gasteiger partial charge in [-0.3, -0.25) is 4.98 Å². The highest BCUT2D eigenvalue weighted by Crippen LogP contribution is 2.49. The predicted octanol–water partition coefficient (Wildman–Crippen LogP) is 4.51. The Morgan fingerprint density at radius 2 is 1.83 bits per heavy atom. The first-order valence-corrected chi connectivity index (χ1v) is 9.88. The zero-order valence-electron chi connectivity index (χ0n) is 16.8. The Labute approximate surface area is 169 Å². The third-order valence-electron chi connectivity index (χ3n) is 5.86. The Balaban J connectivity index is 1.85. The van der Waals surface area contributed by atoms with Crippen LogP contribution in [0.15, 0.2) is 54.7 Å². The lowest BCUT2D eigenvalue weighted by molar-refractivity contribution is -0.00678. The SMILES string of the molecule is COC1c2c(-c3ccccn3)nn3c(-c4ccccc4)nnc3c2CCC1(C)C. The lowest BCUT2D eigenvalue weighted by Gasteiger charge is -2.39. The molecule has 0 spiro atoms. The maximum atomic E-state index is 6.01. The molecule has 6 heteroatoms. The molecule has 5 rings (SSSR count). The molecule has 0 aliphatic heterocycles. The van der Waals surface area contributed by atoms with E-state index in [2.05, 4.69) is 29.0 Å². The number of benzene rings is 1. The van der Waals surface area contributed by atoms with E-state index < -0.39 is 0 Å². The van der Waals surface area contributed by atoms with E-state index in [-0.39, 0.29) is 11.5 Å². The summed E-state index contributed by atoms with van der Waals surface area (Å²) in [5.74, 6) is 0.736. The summed E-state index contributed by atoms with van der Waals surface area (Å²) in [4.78, 5) is 4.59. The van der Waals surface area contributed by atoms with Gasteiger partial charge in [-0.15, -0.1) is 10.2 Å². The summed E-state index contributed by atoms with van der Waals surface area (Å²) in [5.41, 5.74) is 5.69. The van der Waals surface area contributed by atoms with Crippen LogP contribution in [0.4, 0.5) is 0 Å². The second-order valence-corrected chi connectivity index (χ2v) is 8.19. The monoisotopic (exact) mass is 385 g/mol. The molecule has 6 nitrogen and oxygen atoms in total. The summed E-state index contributed by atoms with van der Waals surface area (Å²) >= 11 is 0. The van der Waals surface area contributed by atoms with E-state index in [9.17, 15) is 0 Å². The summed E-state index contributed by atoms with van der Waals surface area (Å²) < 4.78 is 7.87. The molecule has 0 amide bonds. The summed E-state index contributed by atoms with van der Waals surface area (Å²) in [7, 11) is 1.77. The number of hydrogen-bond acceptors (Lipinski definition) is 5. The van der Waals surface area contributed by atoms with E-state index in [1.54, 1.807) is 13.3 Å². The summed E-state index contributed by atoms with van der Waals surface area (Å²) in [6.07, 6.45) is 3.62. The van der Waals surface area contributed by atoms with Crippen molar-refractivity contribution in [2.45, 2.75) is 32.8 Å². The molecule has 1 unspecified atom stereocenters. The Morgan fingerprint density at radius 1 is 1.03 bits per heavy atom. The topological polar surface area (TPSA) is 65.2 Å². The van der Waals surface area contributed by atoms with E-state index >= 15 is 0 Å². The average molecular weight is 385 g/mol. The van der Waals surface area contributed by atoms with Crippen molar-refractivity contribution in [3.63, 3.8) is 0 Å². The van der Waals surface area contributed by atoms with Gasteiger partial charge in [-0.25, -0.2) is 0 Å². The van der Waals surface area contributed by atoms with Crippen molar-refractivity contribution in [2.75, 3.05) is 7.11 Å². The van der Waals surface area contributed by atoms with Gasteiger partial charge >= 0.3 is 0 Å². The fourth-order valence-corrected chi connectivity index (χ4v) is 4.37. The van der Waals surface area contributed by atoms with E-state index in [0.717, 1.165) is 52.4 Å². The average Bonchev–Trinajstić information content (AvgIpc) is 3.18. The van der Waals surface area contributed by atoms with E-state index in [1.165, 1.54) is 0 Å². The lowest BCUT2D eigenvalue weighted by atomic mass is 9.71. The van der Waals surface area contributed by atoms with Crippen LogP contribution in [0.2, 0.25) is 0 Å². The first kappa shape index (κ1) is 17.9. The number of methoxy groups -OCH3 is 1. The first-order chi connectivity index (χ1) is 14.1.